The van der Waals surface area contributed by atoms with Gasteiger partial charge in [0.15, 0.2) is 5.82 Å². The maximum Gasteiger partial charge on any atom is 0.410 e. The third-order valence-corrected chi connectivity index (χ3v) is 7.37. The second-order valence-electron chi connectivity index (χ2n) is 8.95. The van der Waals surface area contributed by atoms with Gasteiger partial charge in [0.2, 0.25) is 5.75 Å². The Balaban J connectivity index is 1.33. The third-order valence-electron chi connectivity index (χ3n) is 6.65. The summed E-state index contributed by atoms with van der Waals surface area (Å²) in [5, 5.41) is 2.98. The van der Waals surface area contributed by atoms with Crippen LogP contribution in [0, 0.1) is 5.82 Å². The normalized spacial score (nSPS) is 24.5. The number of aromatic nitrogens is 2. The number of carbonyl (C=O) groups excluding carboxylic acids is 1. The summed E-state index contributed by atoms with van der Waals surface area (Å²) >= 11 is 1.47. The van der Waals surface area contributed by atoms with Crippen molar-refractivity contribution in [2.45, 2.75) is 67.7 Å². The summed E-state index contributed by atoms with van der Waals surface area (Å²) in [6.07, 6.45) is 7.09. The molecule has 3 atom stereocenters. The second-order valence-corrected chi connectivity index (χ2v) is 9.83. The third kappa shape index (κ3) is 4.28. The molecule has 1 aromatic heterocycles. The lowest BCUT2D eigenvalue weighted by Gasteiger charge is -2.26. The lowest BCUT2D eigenvalue weighted by Crippen LogP contribution is -2.41. The van der Waals surface area contributed by atoms with Crippen LogP contribution in [0.15, 0.2) is 29.4 Å². The number of hydrogen-bond acceptors (Lipinski definition) is 8. The molecule has 0 spiro atoms. The smallest absolute Gasteiger partial charge is 0.410 e. The molecule has 1 saturated carbocycles. The Bertz CT molecular complexity index is 1070. The molecule has 2 unspecified atom stereocenters. The molecule has 1 N–H and O–H groups in total. The number of hydrogen-bond donors (Lipinski definition) is 1. The number of methoxy groups -OCH3 is 1. The Morgan fingerprint density at radius 3 is 2.82 bits per heavy atom. The number of anilines is 2. The molecular weight excluding hydrogens is 447 g/mol. The lowest BCUT2D eigenvalue weighted by atomic mass is 9.98. The number of halogens is 1. The van der Waals surface area contributed by atoms with Crippen molar-refractivity contribution in [2.24, 2.45) is 0 Å². The summed E-state index contributed by atoms with van der Waals surface area (Å²) < 4.78 is 32.0. The predicted molar refractivity (Wildman–Crippen MR) is 122 cm³/mol. The molecule has 0 radical (unpaired) electrons. The van der Waals surface area contributed by atoms with Crippen LogP contribution in [-0.4, -0.2) is 58.1 Å². The van der Waals surface area contributed by atoms with Gasteiger partial charge in [-0.2, -0.15) is 4.98 Å². The van der Waals surface area contributed by atoms with Crippen LogP contribution in [0.2, 0.25) is 0 Å². The van der Waals surface area contributed by atoms with Gasteiger partial charge in [-0.3, -0.25) is 4.90 Å². The van der Waals surface area contributed by atoms with Gasteiger partial charge in [0.1, 0.15) is 23.8 Å². The van der Waals surface area contributed by atoms with E-state index in [0.717, 1.165) is 30.6 Å². The SMILES string of the molecule is COc1c(Nc2ccc(SC)cc2F)ncnc1O[C@H]1CC2CCC1N2C(=O)OC1(C)CC1. The van der Waals surface area contributed by atoms with E-state index in [1.54, 1.807) is 6.07 Å². The molecular formula is C23H27FN4O4S. The number of nitrogens with one attached hydrogen (secondary N) is 1. The van der Waals surface area contributed by atoms with Crippen molar-refractivity contribution in [2.75, 3.05) is 18.7 Å². The summed E-state index contributed by atoms with van der Waals surface area (Å²) in [4.78, 5) is 23.9. The number of nitrogens with zero attached hydrogens (tertiary/aromatic N) is 3. The van der Waals surface area contributed by atoms with Gasteiger partial charge >= 0.3 is 6.09 Å². The number of carbonyl (C=O) groups is 1. The number of fused-ring (bicyclic) bond motifs is 2. The fourth-order valence-electron chi connectivity index (χ4n) is 4.60. The Morgan fingerprint density at radius 1 is 1.30 bits per heavy atom. The van der Waals surface area contributed by atoms with Gasteiger partial charge in [-0.05, 0) is 57.1 Å². The van der Waals surface area contributed by atoms with Gasteiger partial charge in [0, 0.05) is 17.4 Å². The summed E-state index contributed by atoms with van der Waals surface area (Å²) in [5.74, 6) is 0.459. The maximum absolute atomic E-state index is 14.5. The van der Waals surface area contributed by atoms with Crippen LogP contribution < -0.4 is 14.8 Å². The van der Waals surface area contributed by atoms with Crippen molar-refractivity contribution < 1.29 is 23.4 Å². The highest BCUT2D eigenvalue weighted by Crippen LogP contribution is 2.45. The summed E-state index contributed by atoms with van der Waals surface area (Å²) in [5.41, 5.74) is -0.0342. The summed E-state index contributed by atoms with van der Waals surface area (Å²) in [7, 11) is 1.49. The number of ether oxygens (including phenoxy) is 3. The first-order chi connectivity index (χ1) is 15.9. The van der Waals surface area contributed by atoms with Crippen molar-refractivity contribution in [3.05, 3.63) is 30.3 Å². The molecule has 1 amide bonds. The largest absolute Gasteiger partial charge is 0.489 e. The molecule has 2 bridgehead atoms. The first-order valence-corrected chi connectivity index (χ1v) is 12.3. The zero-order chi connectivity index (χ0) is 23.2. The van der Waals surface area contributed by atoms with E-state index in [0.29, 0.717) is 12.2 Å². The van der Waals surface area contributed by atoms with E-state index in [1.807, 2.05) is 24.1 Å². The van der Waals surface area contributed by atoms with Crippen LogP contribution >= 0.6 is 11.8 Å². The van der Waals surface area contributed by atoms with Crippen LogP contribution in [0.3, 0.4) is 0 Å². The molecule has 5 rings (SSSR count). The van der Waals surface area contributed by atoms with Crippen LogP contribution in [0.4, 0.5) is 20.7 Å². The number of rotatable bonds is 7. The van der Waals surface area contributed by atoms with Crippen molar-refractivity contribution in [1.82, 2.24) is 14.9 Å². The summed E-state index contributed by atoms with van der Waals surface area (Å²) in [6.45, 7) is 1.97. The van der Waals surface area contributed by atoms with E-state index in [1.165, 1.54) is 31.3 Å². The van der Waals surface area contributed by atoms with Gasteiger partial charge in [-0.25, -0.2) is 14.2 Å². The van der Waals surface area contributed by atoms with Crippen LogP contribution in [0.5, 0.6) is 11.6 Å². The number of benzene rings is 1. The van der Waals surface area contributed by atoms with Gasteiger partial charge in [-0.15, -0.1) is 11.8 Å². The monoisotopic (exact) mass is 474 g/mol. The van der Waals surface area contributed by atoms with Gasteiger partial charge in [0.05, 0.1) is 18.8 Å². The van der Waals surface area contributed by atoms with Crippen molar-refractivity contribution >= 4 is 29.4 Å². The fourth-order valence-corrected chi connectivity index (χ4v) is 5.02. The maximum atomic E-state index is 14.5. The highest BCUT2D eigenvalue weighted by Gasteiger charge is 2.53. The van der Waals surface area contributed by atoms with E-state index in [-0.39, 0.29) is 47.2 Å². The van der Waals surface area contributed by atoms with Crippen LogP contribution in [0.25, 0.3) is 0 Å². The minimum atomic E-state index is -0.392. The zero-order valence-electron chi connectivity index (χ0n) is 18.8. The minimum absolute atomic E-state index is 0.0718. The van der Waals surface area contributed by atoms with Crippen molar-refractivity contribution in [1.29, 1.82) is 0 Å². The molecule has 176 valence electrons. The van der Waals surface area contributed by atoms with E-state index < -0.39 is 5.82 Å². The molecule has 2 aliphatic heterocycles. The Labute approximate surface area is 196 Å². The summed E-state index contributed by atoms with van der Waals surface area (Å²) in [6, 6.07) is 4.97. The number of amides is 1. The average molecular weight is 475 g/mol. The second kappa shape index (κ2) is 8.55. The Morgan fingerprint density at radius 2 is 2.12 bits per heavy atom. The first kappa shape index (κ1) is 22.1. The molecule has 8 nitrogen and oxygen atoms in total. The molecule has 10 heteroatoms. The quantitative estimate of drug-likeness (QED) is 0.575. The van der Waals surface area contributed by atoms with E-state index in [4.69, 9.17) is 14.2 Å². The van der Waals surface area contributed by atoms with Crippen LogP contribution in [-0.2, 0) is 4.74 Å². The highest BCUT2D eigenvalue weighted by molar-refractivity contribution is 7.98. The van der Waals surface area contributed by atoms with E-state index in [9.17, 15) is 9.18 Å². The van der Waals surface area contributed by atoms with Gasteiger partial charge in [0.25, 0.3) is 5.88 Å². The Kier molecular flexibility index (Phi) is 5.72. The van der Waals surface area contributed by atoms with Crippen molar-refractivity contribution in [3.8, 4) is 11.6 Å². The molecule has 3 heterocycles. The Hall–Kier alpha value is -2.75. The predicted octanol–water partition coefficient (Wildman–Crippen LogP) is 4.76. The highest BCUT2D eigenvalue weighted by atomic mass is 32.2. The van der Waals surface area contributed by atoms with Crippen LogP contribution in [0.1, 0.15) is 39.0 Å². The topological polar surface area (TPSA) is 85.8 Å². The van der Waals surface area contributed by atoms with Crippen molar-refractivity contribution in [3.63, 3.8) is 0 Å². The first-order valence-electron chi connectivity index (χ1n) is 11.1. The molecule has 1 aliphatic carbocycles. The standard InChI is InChI=1S/C23H27FN4O4S/c1-23(8-9-23)32-22(29)28-13-4-7-17(28)18(10-13)31-21-19(30-2)20(25-12-26-21)27-16-6-5-14(33-3)11-15(16)24/h5-6,11-13,17-18H,4,7-10H2,1-3H3,(H,25,26,27)/t13?,17?,18-/m0/s1. The molecule has 2 saturated heterocycles. The molecule has 3 fully saturated rings. The molecule has 3 aliphatic rings. The average Bonchev–Trinajstić information content (AvgIpc) is 3.24. The zero-order valence-corrected chi connectivity index (χ0v) is 19.7. The minimum Gasteiger partial charge on any atom is -0.489 e. The van der Waals surface area contributed by atoms with E-state index in [2.05, 4.69) is 15.3 Å². The fraction of sp³-hybridized carbons (Fsp3) is 0.522. The van der Waals surface area contributed by atoms with Gasteiger partial charge in [-0.1, -0.05) is 0 Å². The molecule has 33 heavy (non-hydrogen) atoms. The van der Waals surface area contributed by atoms with E-state index >= 15 is 0 Å². The lowest BCUT2D eigenvalue weighted by molar-refractivity contribution is 0.0481. The molecule has 1 aromatic carbocycles. The number of thioether (sulfide) groups is 1. The van der Waals surface area contributed by atoms with Gasteiger partial charge < -0.3 is 19.5 Å². The molecule has 2 aromatic rings.